The molecule has 5 rings (SSSR count). The molecule has 0 N–H and O–H groups in total. The largest absolute Gasteiger partial charge is 0.422 e. The second-order valence-electron chi connectivity index (χ2n) is 7.01. The Balaban J connectivity index is 1.90. The third kappa shape index (κ3) is 3.16. The van der Waals surface area contributed by atoms with Crippen molar-refractivity contribution in [3.8, 4) is 22.6 Å². The van der Waals surface area contributed by atoms with E-state index >= 15 is 0 Å². The highest BCUT2D eigenvalue weighted by molar-refractivity contribution is 6.04. The molecule has 31 heavy (non-hydrogen) atoms. The molecule has 5 nitrogen and oxygen atoms in total. The average Bonchev–Trinajstić information content (AvgIpc) is 3.03. The quantitative estimate of drug-likeness (QED) is 0.458. The second-order valence-corrected chi connectivity index (χ2v) is 7.01. The molecule has 0 saturated heterocycles. The molecule has 150 valence electrons. The summed E-state index contributed by atoms with van der Waals surface area (Å²) in [6.45, 7) is 0. The molecule has 0 amide bonds. The molecular formula is C26H17O5+. The van der Waals surface area contributed by atoms with Crippen molar-refractivity contribution in [1.82, 2.24) is 0 Å². The lowest BCUT2D eigenvalue weighted by Gasteiger charge is -2.10. The van der Waals surface area contributed by atoms with Gasteiger partial charge in [-0.2, -0.15) is 0 Å². The number of rotatable bonds is 2. The molecule has 0 radical (unpaired) electrons. The minimum absolute atomic E-state index is 0.322. The lowest BCUT2D eigenvalue weighted by Crippen LogP contribution is -2.10. The smallest absolute Gasteiger partial charge is 0.344 e. The molecule has 0 aromatic carbocycles. The predicted molar refractivity (Wildman–Crippen MR) is 118 cm³/mol. The molecule has 0 fully saturated rings. The minimum Gasteiger partial charge on any atom is -0.422 e. The van der Waals surface area contributed by atoms with E-state index in [4.69, 9.17) is 13.3 Å². The topological polar surface area (TPSA) is 71.7 Å². The Bertz CT molecular complexity index is 1370. The van der Waals surface area contributed by atoms with Crippen molar-refractivity contribution in [3.63, 3.8) is 0 Å². The summed E-state index contributed by atoms with van der Waals surface area (Å²) in [7, 11) is 1.58. The van der Waals surface area contributed by atoms with Gasteiger partial charge in [0.1, 0.15) is 11.5 Å². The fourth-order valence-electron chi connectivity index (χ4n) is 3.82. The number of ketones is 1. The van der Waals surface area contributed by atoms with E-state index in [1.165, 1.54) is 0 Å². The molecule has 0 bridgehead atoms. The molecule has 0 atom stereocenters. The van der Waals surface area contributed by atoms with E-state index in [2.05, 4.69) is 0 Å². The van der Waals surface area contributed by atoms with Crippen molar-refractivity contribution in [2.75, 3.05) is 7.11 Å². The first-order valence-corrected chi connectivity index (χ1v) is 9.73. The first kappa shape index (κ1) is 18.8. The fraction of sp³-hybridized carbons (Fsp3) is 0.0385. The Morgan fingerprint density at radius 3 is 1.65 bits per heavy atom. The summed E-state index contributed by atoms with van der Waals surface area (Å²) in [6, 6.07) is 18.1. The highest BCUT2D eigenvalue weighted by Gasteiger charge is 2.30. The van der Waals surface area contributed by atoms with E-state index in [1.54, 1.807) is 43.5 Å². The lowest BCUT2D eigenvalue weighted by molar-refractivity contribution is -0.417. The van der Waals surface area contributed by atoms with Gasteiger partial charge in [-0.1, -0.05) is 48.5 Å². The van der Waals surface area contributed by atoms with Crippen LogP contribution in [0.25, 0.3) is 28.2 Å². The van der Waals surface area contributed by atoms with Gasteiger partial charge in [-0.15, -0.1) is 0 Å². The third-order valence-corrected chi connectivity index (χ3v) is 5.23. The summed E-state index contributed by atoms with van der Waals surface area (Å²) in [5, 5.41) is 0. The summed E-state index contributed by atoms with van der Waals surface area (Å²) in [4.78, 5) is 26.1. The Kier molecular flexibility index (Phi) is 4.56. The van der Waals surface area contributed by atoms with E-state index < -0.39 is 11.3 Å². The Morgan fingerprint density at radius 1 is 0.677 bits per heavy atom. The van der Waals surface area contributed by atoms with Crippen LogP contribution in [0.15, 0.2) is 109 Å². The van der Waals surface area contributed by atoms with Crippen LogP contribution in [-0.4, -0.2) is 12.9 Å². The maximum Gasteiger partial charge on any atom is 0.344 e. The average molecular weight is 409 g/mol. The van der Waals surface area contributed by atoms with E-state index in [0.29, 0.717) is 50.7 Å². The van der Waals surface area contributed by atoms with Crippen molar-refractivity contribution >= 4 is 11.4 Å². The number of fused-ring (bicyclic) bond motifs is 2. The third-order valence-electron chi connectivity index (χ3n) is 5.23. The van der Waals surface area contributed by atoms with E-state index in [-0.39, 0.29) is 0 Å². The number of hydrogen-bond acceptors (Lipinski definition) is 4. The van der Waals surface area contributed by atoms with Crippen molar-refractivity contribution in [2.45, 2.75) is 0 Å². The summed E-state index contributed by atoms with van der Waals surface area (Å²) < 4.78 is 16.4. The number of carbonyl (C=O) groups excluding carboxylic acids is 1. The minimum atomic E-state index is -0.513. The predicted octanol–water partition coefficient (Wildman–Crippen LogP) is 4.47. The van der Waals surface area contributed by atoms with Gasteiger partial charge in [-0.3, -0.25) is 4.42 Å². The Hall–Kier alpha value is -4.25. The molecule has 0 saturated carbocycles. The molecular weight excluding hydrogens is 392 g/mol. The first-order valence-electron chi connectivity index (χ1n) is 9.73. The van der Waals surface area contributed by atoms with E-state index in [1.807, 2.05) is 48.6 Å². The molecule has 0 spiro atoms. The van der Waals surface area contributed by atoms with Gasteiger partial charge < -0.3 is 8.83 Å². The number of hydrogen-bond donors (Lipinski definition) is 0. The molecule has 5 aliphatic rings. The zero-order chi connectivity index (χ0) is 21.4. The fourth-order valence-corrected chi connectivity index (χ4v) is 3.82. The van der Waals surface area contributed by atoms with Gasteiger partial charge in [0, 0.05) is 28.9 Å². The second kappa shape index (κ2) is 7.54. The van der Waals surface area contributed by atoms with Gasteiger partial charge in [0.05, 0.1) is 11.1 Å². The van der Waals surface area contributed by atoms with Crippen LogP contribution < -0.4 is 11.3 Å². The Labute approximate surface area is 177 Å². The number of allylic oxidation sites excluding steroid dienone is 5. The molecule has 0 unspecified atom stereocenters. The van der Waals surface area contributed by atoms with Crippen molar-refractivity contribution < 1.29 is 13.3 Å². The van der Waals surface area contributed by atoms with Crippen LogP contribution in [0, 0.1) is 0 Å². The van der Waals surface area contributed by atoms with Crippen molar-refractivity contribution in [1.29, 1.82) is 0 Å². The molecule has 0 aromatic heterocycles. The van der Waals surface area contributed by atoms with Crippen LogP contribution in [0.1, 0.15) is 11.1 Å². The summed E-state index contributed by atoms with van der Waals surface area (Å²) in [6.07, 6.45) is 7.21. The molecule has 2 heterocycles. The number of furan rings is 2. The standard InChI is InChI=1S/C26H17O5/c1-29-17-14-12-16(13-15-17)22(23-18-8-4-2-6-10-20(18)30-25(23)27)24-19-9-5-3-7-11-21(19)31-26(24)28/h2-15H,1H3/q+1. The molecule has 5 heteroatoms. The molecule has 2 aliphatic heterocycles. The van der Waals surface area contributed by atoms with Crippen LogP contribution >= 0.6 is 0 Å². The zero-order valence-corrected chi connectivity index (χ0v) is 16.6. The van der Waals surface area contributed by atoms with Crippen LogP contribution in [0.4, 0.5) is 0 Å². The zero-order valence-electron chi connectivity index (χ0n) is 16.6. The SMILES string of the molecule is C[O+]=C1C=CC(=C(c2c3cccccc-3oc2=O)c2c3cccccc-3oc2=O)C=C1. The van der Waals surface area contributed by atoms with Gasteiger partial charge in [0.25, 0.3) is 7.11 Å². The highest BCUT2D eigenvalue weighted by atomic mass is 16.4. The summed E-state index contributed by atoms with van der Waals surface area (Å²) in [5.41, 5.74) is 2.00. The first-order chi connectivity index (χ1) is 15.2. The van der Waals surface area contributed by atoms with E-state index in [0.717, 1.165) is 0 Å². The van der Waals surface area contributed by atoms with Gasteiger partial charge in [0.2, 0.25) is 0 Å². The summed E-state index contributed by atoms with van der Waals surface area (Å²) in [5.74, 6) is 1.56. The van der Waals surface area contributed by atoms with Crippen molar-refractivity contribution in [3.05, 3.63) is 123 Å². The van der Waals surface area contributed by atoms with E-state index in [9.17, 15) is 9.59 Å². The van der Waals surface area contributed by atoms with Crippen molar-refractivity contribution in [2.24, 2.45) is 0 Å². The monoisotopic (exact) mass is 409 g/mol. The van der Waals surface area contributed by atoms with Gasteiger partial charge in [-0.25, -0.2) is 9.59 Å². The Morgan fingerprint density at radius 2 is 1.16 bits per heavy atom. The van der Waals surface area contributed by atoms with Crippen LogP contribution in [-0.2, 0) is 4.42 Å². The van der Waals surface area contributed by atoms with Gasteiger partial charge in [-0.05, 0) is 29.9 Å². The van der Waals surface area contributed by atoms with Gasteiger partial charge in [0.15, 0.2) is 0 Å². The van der Waals surface area contributed by atoms with Crippen LogP contribution in [0.3, 0.4) is 0 Å². The highest BCUT2D eigenvalue weighted by Crippen LogP contribution is 2.39. The van der Waals surface area contributed by atoms with Crippen LogP contribution in [0.5, 0.6) is 0 Å². The van der Waals surface area contributed by atoms with Gasteiger partial charge >= 0.3 is 17.0 Å². The lowest BCUT2D eigenvalue weighted by atomic mass is 9.88. The normalized spacial score (nSPS) is 13.2. The molecule has 3 aliphatic carbocycles. The molecule has 0 aromatic rings. The van der Waals surface area contributed by atoms with Crippen LogP contribution in [0.2, 0.25) is 0 Å². The maximum absolute atomic E-state index is 13.0. The maximum atomic E-state index is 13.0. The summed E-state index contributed by atoms with van der Waals surface area (Å²) >= 11 is 0.